The molecule has 2 aromatic carbocycles. The van der Waals surface area contributed by atoms with E-state index in [9.17, 15) is 0 Å². The molecule has 0 heterocycles. The fourth-order valence-corrected chi connectivity index (χ4v) is 1.58. The van der Waals surface area contributed by atoms with Crippen molar-refractivity contribution in [2.24, 2.45) is 0 Å². The molecule has 0 fully saturated rings. The van der Waals surface area contributed by atoms with Gasteiger partial charge in [-0.15, -0.1) is 0 Å². The molecule has 0 amide bonds. The van der Waals surface area contributed by atoms with Crippen molar-refractivity contribution in [3.63, 3.8) is 0 Å². The Morgan fingerprint density at radius 1 is 0.941 bits per heavy atom. The molecule has 0 radical (unpaired) electrons. The highest BCUT2D eigenvalue weighted by atomic mass is 14.2. The van der Waals surface area contributed by atoms with E-state index < -0.39 is 0 Å². The Morgan fingerprint density at radius 2 is 1.65 bits per heavy atom. The van der Waals surface area contributed by atoms with Gasteiger partial charge in [0, 0.05) is 0 Å². The Balaban J connectivity index is 2.20. The zero-order valence-electron chi connectivity index (χ0n) is 9.72. The predicted octanol–water partition coefficient (Wildman–Crippen LogP) is 4.04. The van der Waals surface area contributed by atoms with E-state index in [0.717, 1.165) is 11.1 Å². The van der Waals surface area contributed by atoms with Gasteiger partial charge >= 0.3 is 0 Å². The van der Waals surface area contributed by atoms with E-state index >= 15 is 0 Å². The number of aryl methyl sites for hydroxylation is 1. The van der Waals surface area contributed by atoms with Gasteiger partial charge in [-0.25, -0.2) is 0 Å². The monoisotopic (exact) mass is 219 g/mol. The molecule has 0 saturated heterocycles. The van der Waals surface area contributed by atoms with Crippen molar-refractivity contribution in [1.29, 1.82) is 5.26 Å². The molecule has 0 bridgehead atoms. The van der Waals surface area contributed by atoms with E-state index in [1.165, 1.54) is 5.56 Å². The largest absolute Gasteiger partial charge is 0.192 e. The average Bonchev–Trinajstić information content (AvgIpc) is 2.38. The second kappa shape index (κ2) is 5.14. The van der Waals surface area contributed by atoms with Crippen LogP contribution in [0.1, 0.15) is 22.3 Å². The average molecular weight is 219 g/mol. The van der Waals surface area contributed by atoms with Crippen LogP contribution in [0.3, 0.4) is 0 Å². The number of hydrogen-bond acceptors (Lipinski definition) is 1. The van der Waals surface area contributed by atoms with Crippen LogP contribution in [0.2, 0.25) is 0 Å². The lowest BCUT2D eigenvalue weighted by atomic mass is 10.1. The molecule has 0 spiro atoms. The van der Waals surface area contributed by atoms with Crippen LogP contribution < -0.4 is 0 Å². The molecule has 0 aromatic heterocycles. The van der Waals surface area contributed by atoms with Crippen LogP contribution in [0.15, 0.2) is 48.5 Å². The molecule has 0 aliphatic heterocycles. The molecule has 0 unspecified atom stereocenters. The maximum absolute atomic E-state index is 8.80. The van der Waals surface area contributed by atoms with E-state index in [1.54, 1.807) is 0 Å². The lowest BCUT2D eigenvalue weighted by Gasteiger charge is -1.96. The molecule has 82 valence electrons. The SMILES string of the molecule is Cc1ccc(/C=C/c2cccc(C#N)c2)cc1. The van der Waals surface area contributed by atoms with Crippen LogP contribution in [-0.4, -0.2) is 0 Å². The molecule has 0 aliphatic carbocycles. The number of benzene rings is 2. The molecule has 2 rings (SSSR count). The number of nitriles is 1. The highest BCUT2D eigenvalue weighted by Crippen LogP contribution is 2.10. The number of rotatable bonds is 2. The Bertz CT molecular complexity index is 571. The number of hydrogen-bond donors (Lipinski definition) is 0. The maximum Gasteiger partial charge on any atom is 0.0991 e. The smallest absolute Gasteiger partial charge is 0.0991 e. The molecule has 0 N–H and O–H groups in total. The van der Waals surface area contributed by atoms with Crippen LogP contribution in [0, 0.1) is 18.3 Å². The molecule has 0 atom stereocenters. The molecular formula is C16H13N. The van der Waals surface area contributed by atoms with Crippen LogP contribution in [0.5, 0.6) is 0 Å². The highest BCUT2D eigenvalue weighted by molar-refractivity contribution is 5.70. The molecule has 1 heteroatoms. The van der Waals surface area contributed by atoms with E-state index in [0.29, 0.717) is 5.56 Å². The fraction of sp³-hybridized carbons (Fsp3) is 0.0625. The van der Waals surface area contributed by atoms with Gasteiger partial charge in [0.1, 0.15) is 0 Å². The van der Waals surface area contributed by atoms with Crippen molar-refractivity contribution in [1.82, 2.24) is 0 Å². The zero-order chi connectivity index (χ0) is 12.1. The molecule has 0 saturated carbocycles. The summed E-state index contributed by atoms with van der Waals surface area (Å²) in [5.74, 6) is 0. The van der Waals surface area contributed by atoms with Crippen LogP contribution in [0.25, 0.3) is 12.2 Å². The zero-order valence-corrected chi connectivity index (χ0v) is 9.72. The first-order valence-electron chi connectivity index (χ1n) is 5.53. The lowest BCUT2D eigenvalue weighted by Crippen LogP contribution is -1.77. The minimum Gasteiger partial charge on any atom is -0.192 e. The second-order valence-electron chi connectivity index (χ2n) is 3.98. The molecule has 0 aliphatic rings. The Hall–Kier alpha value is -2.33. The molecular weight excluding hydrogens is 206 g/mol. The molecule has 2 aromatic rings. The maximum atomic E-state index is 8.80. The van der Waals surface area contributed by atoms with Gasteiger partial charge in [0.2, 0.25) is 0 Å². The van der Waals surface area contributed by atoms with E-state index in [4.69, 9.17) is 5.26 Å². The lowest BCUT2D eigenvalue weighted by molar-refractivity contribution is 1.46. The minimum absolute atomic E-state index is 0.691. The van der Waals surface area contributed by atoms with Gasteiger partial charge in [0.25, 0.3) is 0 Å². The Morgan fingerprint density at radius 3 is 2.35 bits per heavy atom. The van der Waals surface area contributed by atoms with Gasteiger partial charge in [-0.3, -0.25) is 0 Å². The van der Waals surface area contributed by atoms with Gasteiger partial charge in [-0.1, -0.05) is 54.1 Å². The Labute approximate surface area is 102 Å². The third-order valence-corrected chi connectivity index (χ3v) is 2.56. The summed E-state index contributed by atoms with van der Waals surface area (Å²) < 4.78 is 0. The predicted molar refractivity (Wildman–Crippen MR) is 71.3 cm³/mol. The quantitative estimate of drug-likeness (QED) is 0.699. The van der Waals surface area contributed by atoms with Crippen molar-refractivity contribution < 1.29 is 0 Å². The van der Waals surface area contributed by atoms with Crippen LogP contribution >= 0.6 is 0 Å². The van der Waals surface area contributed by atoms with Gasteiger partial charge in [0.05, 0.1) is 11.6 Å². The molecule has 17 heavy (non-hydrogen) atoms. The van der Waals surface area contributed by atoms with Crippen LogP contribution in [-0.2, 0) is 0 Å². The third kappa shape index (κ3) is 3.06. The standard InChI is InChI=1S/C16H13N/c1-13-5-7-14(8-6-13)9-10-15-3-2-4-16(11-15)12-17/h2-11H,1H3/b10-9+. The van der Waals surface area contributed by atoms with Gasteiger partial charge in [0.15, 0.2) is 0 Å². The van der Waals surface area contributed by atoms with Gasteiger partial charge in [-0.05, 0) is 30.2 Å². The highest BCUT2D eigenvalue weighted by Gasteiger charge is 1.91. The Kier molecular flexibility index (Phi) is 3.37. The van der Waals surface area contributed by atoms with Crippen LogP contribution in [0.4, 0.5) is 0 Å². The first-order valence-corrected chi connectivity index (χ1v) is 5.53. The molecule has 1 nitrogen and oxygen atoms in total. The van der Waals surface area contributed by atoms with Crippen molar-refractivity contribution in [2.75, 3.05) is 0 Å². The minimum atomic E-state index is 0.691. The van der Waals surface area contributed by atoms with Gasteiger partial charge in [-0.2, -0.15) is 5.26 Å². The first kappa shape index (κ1) is 11.2. The summed E-state index contributed by atoms with van der Waals surface area (Å²) in [5, 5.41) is 8.80. The second-order valence-corrected chi connectivity index (χ2v) is 3.98. The topological polar surface area (TPSA) is 23.8 Å². The van der Waals surface area contributed by atoms with Crippen molar-refractivity contribution in [3.8, 4) is 6.07 Å². The summed E-state index contributed by atoms with van der Waals surface area (Å²) in [7, 11) is 0. The third-order valence-electron chi connectivity index (χ3n) is 2.56. The van der Waals surface area contributed by atoms with Crippen molar-refractivity contribution >= 4 is 12.2 Å². The summed E-state index contributed by atoms with van der Waals surface area (Å²) in [4.78, 5) is 0. The summed E-state index contributed by atoms with van der Waals surface area (Å²) >= 11 is 0. The number of nitrogens with zero attached hydrogens (tertiary/aromatic N) is 1. The fourth-order valence-electron chi connectivity index (χ4n) is 1.58. The van der Waals surface area contributed by atoms with Crippen molar-refractivity contribution in [2.45, 2.75) is 6.92 Å². The first-order chi connectivity index (χ1) is 8.28. The summed E-state index contributed by atoms with van der Waals surface area (Å²) in [6, 6.07) is 18.1. The summed E-state index contributed by atoms with van der Waals surface area (Å²) in [5.41, 5.74) is 4.16. The van der Waals surface area contributed by atoms with Gasteiger partial charge < -0.3 is 0 Å². The van der Waals surface area contributed by atoms with E-state index in [-0.39, 0.29) is 0 Å². The van der Waals surface area contributed by atoms with E-state index in [1.807, 2.05) is 30.3 Å². The summed E-state index contributed by atoms with van der Waals surface area (Å²) in [6.07, 6.45) is 4.07. The summed E-state index contributed by atoms with van der Waals surface area (Å²) in [6.45, 7) is 2.07. The normalized spacial score (nSPS) is 10.4. The van der Waals surface area contributed by atoms with E-state index in [2.05, 4.69) is 43.3 Å². The van der Waals surface area contributed by atoms with Crippen molar-refractivity contribution in [3.05, 3.63) is 70.8 Å².